The van der Waals surface area contributed by atoms with Crippen LogP contribution in [-0.4, -0.2) is 29.0 Å². The van der Waals surface area contributed by atoms with Gasteiger partial charge in [0.2, 0.25) is 5.91 Å². The summed E-state index contributed by atoms with van der Waals surface area (Å²) in [5.74, 6) is -0.666. The molecule has 1 fully saturated rings. The highest BCUT2D eigenvalue weighted by Gasteiger charge is 2.34. The topological polar surface area (TPSA) is 70.5 Å². The maximum atomic E-state index is 14.0. The Bertz CT molecular complexity index is 1200. The third-order valence-electron chi connectivity index (χ3n) is 7.16. The van der Waals surface area contributed by atoms with Crippen molar-refractivity contribution in [2.75, 3.05) is 11.9 Å². The second kappa shape index (κ2) is 11.0. The van der Waals surface area contributed by atoms with Gasteiger partial charge in [0.05, 0.1) is 10.9 Å². The van der Waals surface area contributed by atoms with E-state index in [0.29, 0.717) is 17.4 Å². The Balaban J connectivity index is 1.63. The van der Waals surface area contributed by atoms with Gasteiger partial charge in [-0.2, -0.15) is 0 Å². The number of pyridine rings is 1. The van der Waals surface area contributed by atoms with Crippen LogP contribution >= 0.6 is 11.6 Å². The number of carbonyl (C=O) groups is 2. The number of aliphatic carboxylic acids is 1. The van der Waals surface area contributed by atoms with Crippen molar-refractivity contribution in [2.24, 2.45) is 5.92 Å². The van der Waals surface area contributed by atoms with Gasteiger partial charge in [-0.05, 0) is 66.5 Å². The molecule has 6 heteroatoms. The monoisotopic (exact) mass is 490 g/mol. The van der Waals surface area contributed by atoms with Gasteiger partial charge in [0.25, 0.3) is 0 Å². The number of aryl methyl sites for hydroxylation is 1. The number of nitrogens with zero attached hydrogens (tertiary/aromatic N) is 2. The standard InChI is InChI=1S/C29H31ClN2O3/c1-19-20(14-15-27(33)34)8-5-9-26(19)32(2)29(35)28(22-6-3-4-7-22)23-12-10-21(11-13-23)24-16-25(30)18-31-17-24/h5,8-13,16-18,22,28H,3-4,6-7,14-15H2,1-2H3,(H,33,34). The number of benzene rings is 2. The molecule has 0 bridgehead atoms. The Morgan fingerprint density at radius 3 is 2.46 bits per heavy atom. The first-order chi connectivity index (χ1) is 16.8. The van der Waals surface area contributed by atoms with E-state index >= 15 is 0 Å². The molecule has 1 aliphatic rings. The number of hydrogen-bond acceptors (Lipinski definition) is 3. The van der Waals surface area contributed by atoms with Gasteiger partial charge in [-0.25, -0.2) is 0 Å². The Morgan fingerprint density at radius 1 is 1.09 bits per heavy atom. The number of amides is 1. The summed E-state index contributed by atoms with van der Waals surface area (Å²) in [4.78, 5) is 31.0. The summed E-state index contributed by atoms with van der Waals surface area (Å²) >= 11 is 6.11. The molecular weight excluding hydrogens is 460 g/mol. The van der Waals surface area contributed by atoms with Gasteiger partial charge in [0.15, 0.2) is 0 Å². The number of anilines is 1. The number of carboxylic acids is 1. The lowest BCUT2D eigenvalue weighted by molar-refractivity contribution is -0.137. The van der Waals surface area contributed by atoms with E-state index in [1.54, 1.807) is 17.3 Å². The maximum Gasteiger partial charge on any atom is 0.303 e. The normalized spacial score (nSPS) is 14.6. The summed E-state index contributed by atoms with van der Waals surface area (Å²) in [6, 6.07) is 15.9. The predicted molar refractivity (Wildman–Crippen MR) is 140 cm³/mol. The lowest BCUT2D eigenvalue weighted by Gasteiger charge is -2.30. The van der Waals surface area contributed by atoms with E-state index in [4.69, 9.17) is 16.7 Å². The van der Waals surface area contributed by atoms with Crippen molar-refractivity contribution in [1.82, 2.24) is 4.98 Å². The molecule has 35 heavy (non-hydrogen) atoms. The van der Waals surface area contributed by atoms with Crippen LogP contribution in [0.5, 0.6) is 0 Å². The molecule has 1 atom stereocenters. The molecule has 1 N–H and O–H groups in total. The van der Waals surface area contributed by atoms with Gasteiger partial charge in [-0.1, -0.05) is 60.8 Å². The van der Waals surface area contributed by atoms with Crippen molar-refractivity contribution in [3.8, 4) is 11.1 Å². The Morgan fingerprint density at radius 2 is 1.80 bits per heavy atom. The van der Waals surface area contributed by atoms with Gasteiger partial charge in [0, 0.05) is 37.1 Å². The first kappa shape index (κ1) is 24.9. The fraction of sp³-hybridized carbons (Fsp3) is 0.345. The molecule has 0 aliphatic heterocycles. The largest absolute Gasteiger partial charge is 0.481 e. The van der Waals surface area contributed by atoms with Crippen LogP contribution in [0, 0.1) is 12.8 Å². The average Bonchev–Trinajstić information content (AvgIpc) is 3.38. The van der Waals surface area contributed by atoms with Gasteiger partial charge in [0.1, 0.15) is 0 Å². The second-order valence-corrected chi connectivity index (χ2v) is 9.82. The zero-order valence-electron chi connectivity index (χ0n) is 20.2. The highest BCUT2D eigenvalue weighted by molar-refractivity contribution is 6.30. The number of carbonyl (C=O) groups excluding carboxylic acids is 1. The molecular formula is C29H31ClN2O3. The molecule has 1 aliphatic carbocycles. The van der Waals surface area contributed by atoms with E-state index in [0.717, 1.165) is 59.2 Å². The summed E-state index contributed by atoms with van der Waals surface area (Å²) < 4.78 is 0. The first-order valence-corrected chi connectivity index (χ1v) is 12.5. The highest BCUT2D eigenvalue weighted by Crippen LogP contribution is 2.40. The molecule has 2 aromatic carbocycles. The number of rotatable bonds is 8. The van der Waals surface area contributed by atoms with Crippen molar-refractivity contribution >= 4 is 29.2 Å². The summed E-state index contributed by atoms with van der Waals surface area (Å²) in [6.07, 6.45) is 8.30. The first-order valence-electron chi connectivity index (χ1n) is 12.1. The summed E-state index contributed by atoms with van der Waals surface area (Å²) in [5.41, 5.74) is 5.73. The van der Waals surface area contributed by atoms with E-state index in [1.165, 1.54) is 0 Å². The summed E-state index contributed by atoms with van der Waals surface area (Å²) in [7, 11) is 1.83. The Labute approximate surface area is 211 Å². The van der Waals surface area contributed by atoms with Crippen molar-refractivity contribution in [1.29, 1.82) is 0 Å². The van der Waals surface area contributed by atoms with E-state index in [9.17, 15) is 9.59 Å². The molecule has 5 nitrogen and oxygen atoms in total. The van der Waals surface area contributed by atoms with Crippen LogP contribution in [0.3, 0.4) is 0 Å². The molecule has 0 radical (unpaired) electrons. The van der Waals surface area contributed by atoms with Crippen molar-refractivity contribution in [2.45, 2.75) is 51.4 Å². The minimum atomic E-state index is -0.822. The quantitative estimate of drug-likeness (QED) is 0.383. The molecule has 1 aromatic heterocycles. The molecule has 1 heterocycles. The van der Waals surface area contributed by atoms with Crippen molar-refractivity contribution < 1.29 is 14.7 Å². The third-order valence-corrected chi connectivity index (χ3v) is 7.37. The molecule has 1 saturated carbocycles. The van der Waals surface area contributed by atoms with Crippen LogP contribution in [0.4, 0.5) is 5.69 Å². The predicted octanol–water partition coefficient (Wildman–Crippen LogP) is 6.66. The lowest BCUT2D eigenvalue weighted by Crippen LogP contribution is -2.35. The molecule has 1 amide bonds. The van der Waals surface area contributed by atoms with E-state index in [1.807, 2.05) is 50.4 Å². The summed E-state index contributed by atoms with van der Waals surface area (Å²) in [5, 5.41) is 9.67. The second-order valence-electron chi connectivity index (χ2n) is 9.39. The Hall–Kier alpha value is -3.18. The number of aromatic nitrogens is 1. The van der Waals surface area contributed by atoms with Crippen LogP contribution in [-0.2, 0) is 16.0 Å². The third kappa shape index (κ3) is 5.73. The minimum absolute atomic E-state index is 0.0706. The SMILES string of the molecule is Cc1c(CCC(=O)O)cccc1N(C)C(=O)C(c1ccc(-c2cncc(Cl)c2)cc1)C1CCCC1. The Kier molecular flexibility index (Phi) is 7.86. The van der Waals surface area contributed by atoms with Crippen molar-refractivity contribution in [3.05, 3.63) is 82.6 Å². The van der Waals surface area contributed by atoms with Gasteiger partial charge in [-0.15, -0.1) is 0 Å². The summed E-state index contributed by atoms with van der Waals surface area (Å²) in [6.45, 7) is 1.97. The maximum absolute atomic E-state index is 14.0. The molecule has 0 spiro atoms. The molecule has 182 valence electrons. The van der Waals surface area contributed by atoms with Crippen LogP contribution in [0.25, 0.3) is 11.1 Å². The molecule has 3 aromatic rings. The number of likely N-dealkylation sites (N-methyl/N-ethyl adjacent to an activating group) is 1. The van der Waals surface area contributed by atoms with Crippen LogP contribution in [0.15, 0.2) is 60.9 Å². The number of carboxylic acid groups (broad SMARTS) is 1. The van der Waals surface area contributed by atoms with E-state index in [2.05, 4.69) is 17.1 Å². The van der Waals surface area contributed by atoms with E-state index in [-0.39, 0.29) is 18.2 Å². The number of hydrogen-bond donors (Lipinski definition) is 1. The van der Waals surface area contributed by atoms with Gasteiger partial charge >= 0.3 is 5.97 Å². The van der Waals surface area contributed by atoms with Gasteiger partial charge < -0.3 is 10.0 Å². The minimum Gasteiger partial charge on any atom is -0.481 e. The fourth-order valence-electron chi connectivity index (χ4n) is 5.23. The molecule has 1 unspecified atom stereocenters. The van der Waals surface area contributed by atoms with Crippen molar-refractivity contribution in [3.63, 3.8) is 0 Å². The van der Waals surface area contributed by atoms with Gasteiger partial charge in [-0.3, -0.25) is 14.6 Å². The van der Waals surface area contributed by atoms with Crippen LogP contribution in [0.1, 0.15) is 54.7 Å². The van der Waals surface area contributed by atoms with E-state index < -0.39 is 5.97 Å². The number of halogens is 1. The lowest BCUT2D eigenvalue weighted by atomic mass is 9.83. The highest BCUT2D eigenvalue weighted by atomic mass is 35.5. The van der Waals surface area contributed by atoms with Crippen LogP contribution < -0.4 is 4.90 Å². The smallest absolute Gasteiger partial charge is 0.303 e. The zero-order valence-corrected chi connectivity index (χ0v) is 21.0. The van der Waals surface area contributed by atoms with Crippen LogP contribution in [0.2, 0.25) is 5.02 Å². The zero-order chi connectivity index (χ0) is 24.9. The molecule has 4 rings (SSSR count). The molecule has 0 saturated heterocycles. The fourth-order valence-corrected chi connectivity index (χ4v) is 5.41. The average molecular weight is 491 g/mol.